The van der Waals surface area contributed by atoms with Crippen LogP contribution in [0.2, 0.25) is 0 Å². The van der Waals surface area contributed by atoms with Crippen molar-refractivity contribution >= 4 is 63.2 Å². The van der Waals surface area contributed by atoms with Gasteiger partial charge in [0.25, 0.3) is 5.24 Å². The van der Waals surface area contributed by atoms with Crippen LogP contribution >= 0.6 is 23.5 Å². The van der Waals surface area contributed by atoms with E-state index in [1.165, 1.54) is 11.2 Å². The molecule has 1 aromatic carbocycles. The van der Waals surface area contributed by atoms with E-state index >= 15 is 0 Å². The second-order valence-corrected chi connectivity index (χ2v) is 9.41. The summed E-state index contributed by atoms with van der Waals surface area (Å²) in [6.45, 7) is 2.13. The van der Waals surface area contributed by atoms with Crippen LogP contribution in [0.5, 0.6) is 0 Å². The molecule has 13 heteroatoms. The topological polar surface area (TPSA) is 143 Å². The van der Waals surface area contributed by atoms with E-state index < -0.39 is 11.2 Å². The second-order valence-electron chi connectivity index (χ2n) is 7.29. The van der Waals surface area contributed by atoms with Crippen LogP contribution in [-0.4, -0.2) is 56.5 Å². The Morgan fingerprint density at radius 2 is 2.03 bits per heavy atom. The number of benzene rings is 1. The molecule has 1 atom stereocenters. The summed E-state index contributed by atoms with van der Waals surface area (Å²) in [4.78, 5) is 50.3. The SMILES string of the molecule is CCOC(=O)c1ccc(NC(=O)C[C@@H]2S/C(=N\N=C3/CSC(=O)N3)N(Cc3ccco3)C2=O)cc1. The highest BCUT2D eigenvalue weighted by molar-refractivity contribution is 8.15. The van der Waals surface area contributed by atoms with Crippen LogP contribution in [0.3, 0.4) is 0 Å². The quantitative estimate of drug-likeness (QED) is 0.403. The Balaban J connectivity index is 1.43. The van der Waals surface area contributed by atoms with E-state index in [0.717, 1.165) is 23.5 Å². The summed E-state index contributed by atoms with van der Waals surface area (Å²) < 4.78 is 10.3. The van der Waals surface area contributed by atoms with E-state index in [9.17, 15) is 19.2 Å². The molecule has 3 amide bonds. The van der Waals surface area contributed by atoms with Gasteiger partial charge in [0, 0.05) is 12.1 Å². The van der Waals surface area contributed by atoms with Crippen LogP contribution in [-0.2, 0) is 20.9 Å². The number of esters is 1. The molecule has 182 valence electrons. The molecule has 2 aliphatic rings. The molecule has 0 radical (unpaired) electrons. The van der Waals surface area contributed by atoms with Crippen LogP contribution in [0, 0.1) is 0 Å². The lowest BCUT2D eigenvalue weighted by Gasteiger charge is -2.14. The van der Waals surface area contributed by atoms with Gasteiger partial charge in [0.1, 0.15) is 16.8 Å². The predicted molar refractivity (Wildman–Crippen MR) is 132 cm³/mol. The zero-order valence-electron chi connectivity index (χ0n) is 18.6. The molecule has 2 aromatic rings. The van der Waals surface area contributed by atoms with Crippen LogP contribution in [0.4, 0.5) is 10.5 Å². The van der Waals surface area contributed by atoms with Crippen molar-refractivity contribution in [1.82, 2.24) is 10.2 Å². The normalized spacial score (nSPS) is 19.9. The fraction of sp³-hybridized carbons (Fsp3) is 0.273. The number of anilines is 1. The van der Waals surface area contributed by atoms with Gasteiger partial charge < -0.3 is 19.8 Å². The maximum Gasteiger partial charge on any atom is 0.338 e. The monoisotopic (exact) mass is 515 g/mol. The molecule has 35 heavy (non-hydrogen) atoms. The molecule has 2 saturated heterocycles. The van der Waals surface area contributed by atoms with E-state index in [1.54, 1.807) is 43.3 Å². The molecule has 0 unspecified atom stereocenters. The third-order valence-corrected chi connectivity index (χ3v) is 6.75. The average Bonchev–Trinajstić information content (AvgIpc) is 3.57. The first-order valence-electron chi connectivity index (χ1n) is 10.6. The summed E-state index contributed by atoms with van der Waals surface area (Å²) >= 11 is 2.20. The lowest BCUT2D eigenvalue weighted by Crippen LogP contribution is -2.33. The van der Waals surface area contributed by atoms with Crippen LogP contribution in [0.1, 0.15) is 29.5 Å². The van der Waals surface area contributed by atoms with Crippen LogP contribution < -0.4 is 10.6 Å². The number of carbonyl (C=O) groups excluding carboxylic acids is 4. The Morgan fingerprint density at radius 3 is 2.69 bits per heavy atom. The fourth-order valence-corrected chi connectivity index (χ4v) is 4.86. The first kappa shape index (κ1) is 24.5. The van der Waals surface area contributed by atoms with Gasteiger partial charge in [-0.25, -0.2) is 4.79 Å². The maximum absolute atomic E-state index is 13.1. The van der Waals surface area contributed by atoms with Crippen molar-refractivity contribution in [3.8, 4) is 0 Å². The van der Waals surface area contributed by atoms with Crippen molar-refractivity contribution in [3.63, 3.8) is 0 Å². The summed E-state index contributed by atoms with van der Waals surface area (Å²) in [7, 11) is 0. The van der Waals surface area contributed by atoms with E-state index in [0.29, 0.717) is 33.8 Å². The number of hydrogen-bond acceptors (Lipinski definition) is 10. The number of amidine groups is 2. The van der Waals surface area contributed by atoms with Gasteiger partial charge in [0.05, 0.1) is 30.7 Å². The molecule has 2 aliphatic heterocycles. The molecule has 0 spiro atoms. The minimum Gasteiger partial charge on any atom is -0.467 e. The van der Waals surface area contributed by atoms with Crippen molar-refractivity contribution in [2.75, 3.05) is 17.7 Å². The lowest BCUT2D eigenvalue weighted by molar-refractivity contribution is -0.128. The summed E-state index contributed by atoms with van der Waals surface area (Å²) in [6.07, 6.45) is 1.41. The molecule has 11 nitrogen and oxygen atoms in total. The number of hydrogen-bond donors (Lipinski definition) is 2. The van der Waals surface area contributed by atoms with Gasteiger partial charge in [-0.05, 0) is 43.3 Å². The summed E-state index contributed by atoms with van der Waals surface area (Å²) in [5, 5.41) is 12.9. The van der Waals surface area contributed by atoms with Crippen LogP contribution in [0.15, 0.2) is 57.3 Å². The van der Waals surface area contributed by atoms with Crippen molar-refractivity contribution in [2.24, 2.45) is 10.2 Å². The third-order valence-electron chi connectivity index (χ3n) is 4.81. The van der Waals surface area contributed by atoms with E-state index in [1.807, 2.05) is 0 Å². The van der Waals surface area contributed by atoms with E-state index in [4.69, 9.17) is 9.15 Å². The molecule has 2 fully saturated rings. The Morgan fingerprint density at radius 1 is 1.23 bits per heavy atom. The highest BCUT2D eigenvalue weighted by Gasteiger charge is 2.40. The molecule has 0 aliphatic carbocycles. The maximum atomic E-state index is 13.1. The zero-order valence-corrected chi connectivity index (χ0v) is 20.2. The minimum absolute atomic E-state index is 0.0973. The van der Waals surface area contributed by atoms with Crippen LogP contribution in [0.25, 0.3) is 0 Å². The summed E-state index contributed by atoms with van der Waals surface area (Å²) in [5.74, 6) is 0.198. The van der Waals surface area contributed by atoms with Gasteiger partial charge in [-0.3, -0.25) is 19.3 Å². The van der Waals surface area contributed by atoms with Crippen molar-refractivity contribution < 1.29 is 28.3 Å². The lowest BCUT2D eigenvalue weighted by atomic mass is 10.2. The molecular weight excluding hydrogens is 494 g/mol. The summed E-state index contributed by atoms with van der Waals surface area (Å²) in [6, 6.07) is 9.73. The number of ether oxygens (including phenoxy) is 1. The van der Waals surface area contributed by atoms with E-state index in [-0.39, 0.29) is 36.6 Å². The highest BCUT2D eigenvalue weighted by Crippen LogP contribution is 2.31. The van der Waals surface area contributed by atoms with Crippen molar-refractivity contribution in [3.05, 3.63) is 54.0 Å². The number of furan rings is 1. The Kier molecular flexibility index (Phi) is 7.87. The first-order chi connectivity index (χ1) is 16.9. The largest absolute Gasteiger partial charge is 0.467 e. The van der Waals surface area contributed by atoms with Gasteiger partial charge >= 0.3 is 5.97 Å². The molecule has 0 saturated carbocycles. The van der Waals surface area contributed by atoms with Gasteiger partial charge in [-0.1, -0.05) is 23.5 Å². The molecule has 0 bridgehead atoms. The number of amides is 3. The second kappa shape index (κ2) is 11.2. The number of nitrogens with one attached hydrogen (secondary N) is 2. The number of rotatable bonds is 8. The Hall–Kier alpha value is -3.58. The summed E-state index contributed by atoms with van der Waals surface area (Å²) in [5.41, 5.74) is 0.861. The van der Waals surface area contributed by atoms with E-state index in [2.05, 4.69) is 20.8 Å². The van der Waals surface area contributed by atoms with Crippen molar-refractivity contribution in [1.29, 1.82) is 0 Å². The number of carbonyl (C=O) groups is 4. The van der Waals surface area contributed by atoms with Crippen molar-refractivity contribution in [2.45, 2.75) is 25.1 Å². The Bertz CT molecular complexity index is 1180. The molecule has 4 rings (SSSR count). The molecule has 1 aromatic heterocycles. The standard InChI is InChI=1S/C22H21N5O6S2/c1-2-32-20(30)13-5-7-14(8-6-13)23-18(28)10-16-19(29)27(11-15-4-3-9-33-15)21(35-16)26-25-17-12-34-22(31)24-17/h3-9,16H,2,10-12H2,1H3,(H,23,28)(H,24,25,31)/b26-21-/t16-/m0/s1. The third kappa shape index (κ3) is 6.31. The molecule has 3 heterocycles. The average molecular weight is 516 g/mol. The predicted octanol–water partition coefficient (Wildman–Crippen LogP) is 3.06. The van der Waals surface area contributed by atoms with Gasteiger partial charge in [-0.15, -0.1) is 10.2 Å². The van der Waals surface area contributed by atoms with Gasteiger partial charge in [0.15, 0.2) is 5.17 Å². The smallest absolute Gasteiger partial charge is 0.338 e. The Labute approximate surface area is 208 Å². The van der Waals surface area contributed by atoms with Gasteiger partial charge in [0.2, 0.25) is 11.8 Å². The number of nitrogens with zero attached hydrogens (tertiary/aromatic N) is 3. The van der Waals surface area contributed by atoms with Gasteiger partial charge in [-0.2, -0.15) is 0 Å². The zero-order chi connectivity index (χ0) is 24.8. The first-order valence-corrected chi connectivity index (χ1v) is 12.4. The molecular formula is C22H21N5O6S2. The number of thioether (sulfide) groups is 2. The minimum atomic E-state index is -0.713. The fourth-order valence-electron chi connectivity index (χ4n) is 3.19. The highest BCUT2D eigenvalue weighted by atomic mass is 32.2. The molecule has 2 N–H and O–H groups in total.